The molecule has 0 radical (unpaired) electrons. The highest BCUT2D eigenvalue weighted by atomic mass is 32.2. The van der Waals surface area contributed by atoms with Gasteiger partial charge in [0.25, 0.3) is 5.91 Å². The van der Waals surface area contributed by atoms with Gasteiger partial charge < -0.3 is 14.4 Å². The van der Waals surface area contributed by atoms with E-state index in [0.717, 1.165) is 37.0 Å². The second-order valence-corrected chi connectivity index (χ2v) is 10.5. The maximum absolute atomic E-state index is 13.2. The molecule has 0 unspecified atom stereocenters. The van der Waals surface area contributed by atoms with Crippen LogP contribution >= 0.6 is 0 Å². The highest BCUT2D eigenvalue weighted by molar-refractivity contribution is 7.89. The predicted molar refractivity (Wildman–Crippen MR) is 133 cm³/mol. The zero-order valence-electron chi connectivity index (χ0n) is 20.4. The van der Waals surface area contributed by atoms with Crippen molar-refractivity contribution in [2.24, 2.45) is 5.92 Å². The Morgan fingerprint density at radius 1 is 1.12 bits per heavy atom. The SMILES string of the molecule is CCOc1ccc(CCC2CCN(C(=O)c3cc(S(=O)(=O)NCCOC)ccc3C)CC2)cc1. The zero-order chi connectivity index (χ0) is 24.6. The summed E-state index contributed by atoms with van der Waals surface area (Å²) in [6.07, 6.45) is 4.02. The third-order valence-corrected chi connectivity index (χ3v) is 7.78. The van der Waals surface area contributed by atoms with Gasteiger partial charge in [0.15, 0.2) is 0 Å². The number of piperidine rings is 1. The molecular weight excluding hydrogens is 452 g/mol. The molecular formula is C26H36N2O5S. The molecule has 1 amide bonds. The number of rotatable bonds is 11. The van der Waals surface area contributed by atoms with Crippen LogP contribution in [0.15, 0.2) is 47.4 Å². The van der Waals surface area contributed by atoms with Crippen LogP contribution in [0.1, 0.15) is 47.7 Å². The number of sulfonamides is 1. The first-order valence-electron chi connectivity index (χ1n) is 11.9. The summed E-state index contributed by atoms with van der Waals surface area (Å²) >= 11 is 0. The lowest BCUT2D eigenvalue weighted by atomic mass is 9.90. The standard InChI is InChI=1S/C26H36N2O5S/c1-4-33-23-10-8-21(9-11-23)6-7-22-13-16-28(17-14-22)26(29)25-19-24(12-5-20(25)2)34(30,31)27-15-18-32-3/h5,8-12,19,22,27H,4,6-7,13-18H2,1-3H3. The van der Waals surface area contributed by atoms with Crippen LogP contribution in [0.5, 0.6) is 5.75 Å². The Balaban J connectivity index is 1.55. The van der Waals surface area contributed by atoms with E-state index < -0.39 is 10.0 Å². The van der Waals surface area contributed by atoms with Gasteiger partial charge >= 0.3 is 0 Å². The number of hydrogen-bond donors (Lipinski definition) is 1. The second kappa shape index (κ2) is 12.3. The summed E-state index contributed by atoms with van der Waals surface area (Å²) in [5.74, 6) is 1.38. The van der Waals surface area contributed by atoms with E-state index >= 15 is 0 Å². The lowest BCUT2D eigenvalue weighted by Crippen LogP contribution is -2.39. The van der Waals surface area contributed by atoms with Crippen molar-refractivity contribution < 1.29 is 22.7 Å². The molecule has 1 N–H and O–H groups in total. The summed E-state index contributed by atoms with van der Waals surface area (Å²) in [4.78, 5) is 15.2. The first kappa shape index (κ1) is 26.2. The fourth-order valence-electron chi connectivity index (χ4n) is 4.24. The maximum atomic E-state index is 13.2. The van der Waals surface area contributed by atoms with E-state index in [9.17, 15) is 13.2 Å². The number of nitrogens with one attached hydrogen (secondary N) is 1. The van der Waals surface area contributed by atoms with Gasteiger partial charge in [-0.3, -0.25) is 4.79 Å². The second-order valence-electron chi connectivity index (χ2n) is 8.72. The van der Waals surface area contributed by atoms with E-state index in [0.29, 0.717) is 31.2 Å². The summed E-state index contributed by atoms with van der Waals surface area (Å²) < 4.78 is 38.0. The molecule has 1 fully saturated rings. The van der Waals surface area contributed by atoms with Gasteiger partial charge in [0, 0.05) is 32.3 Å². The molecule has 1 saturated heterocycles. The fourth-order valence-corrected chi connectivity index (χ4v) is 5.28. The van der Waals surface area contributed by atoms with Crippen molar-refractivity contribution in [2.45, 2.75) is 44.4 Å². The number of nitrogens with zero attached hydrogens (tertiary/aromatic N) is 1. The number of amides is 1. The summed E-state index contributed by atoms with van der Waals surface area (Å²) in [7, 11) is -2.18. The van der Waals surface area contributed by atoms with Crippen molar-refractivity contribution >= 4 is 15.9 Å². The Morgan fingerprint density at radius 3 is 2.47 bits per heavy atom. The topological polar surface area (TPSA) is 84.9 Å². The number of methoxy groups -OCH3 is 1. The van der Waals surface area contributed by atoms with Crippen LogP contribution in [0.4, 0.5) is 0 Å². The monoisotopic (exact) mass is 488 g/mol. The van der Waals surface area contributed by atoms with Gasteiger partial charge in [0.05, 0.1) is 18.1 Å². The van der Waals surface area contributed by atoms with Gasteiger partial charge in [-0.05, 0) is 80.8 Å². The number of carbonyl (C=O) groups excluding carboxylic acids is 1. The van der Waals surface area contributed by atoms with Crippen LogP contribution in [0.25, 0.3) is 0 Å². The minimum atomic E-state index is -3.69. The van der Waals surface area contributed by atoms with Crippen molar-refractivity contribution in [2.75, 3.05) is 40.0 Å². The molecule has 1 heterocycles. The molecule has 2 aromatic carbocycles. The Kier molecular flexibility index (Phi) is 9.50. The van der Waals surface area contributed by atoms with Gasteiger partial charge in [0.1, 0.15) is 5.75 Å². The van der Waals surface area contributed by atoms with Crippen LogP contribution < -0.4 is 9.46 Å². The maximum Gasteiger partial charge on any atom is 0.254 e. The number of likely N-dealkylation sites (tertiary alicyclic amines) is 1. The minimum Gasteiger partial charge on any atom is -0.494 e. The Labute approximate surface area is 203 Å². The van der Waals surface area contributed by atoms with E-state index in [4.69, 9.17) is 9.47 Å². The number of aryl methyl sites for hydroxylation is 2. The number of hydrogen-bond acceptors (Lipinski definition) is 5. The van der Waals surface area contributed by atoms with E-state index in [-0.39, 0.29) is 24.0 Å². The molecule has 3 rings (SSSR count). The van der Waals surface area contributed by atoms with Crippen LogP contribution in [0.2, 0.25) is 0 Å². The average molecular weight is 489 g/mol. The predicted octanol–water partition coefficient (Wildman–Crippen LogP) is 3.80. The fraction of sp³-hybridized carbons (Fsp3) is 0.500. The summed E-state index contributed by atoms with van der Waals surface area (Å²) in [5.41, 5.74) is 2.52. The molecule has 0 bridgehead atoms. The summed E-state index contributed by atoms with van der Waals surface area (Å²) in [5, 5.41) is 0. The van der Waals surface area contributed by atoms with Crippen molar-refractivity contribution in [3.63, 3.8) is 0 Å². The lowest BCUT2D eigenvalue weighted by molar-refractivity contribution is 0.0686. The normalized spacial score (nSPS) is 14.9. The van der Waals surface area contributed by atoms with Crippen molar-refractivity contribution in [1.82, 2.24) is 9.62 Å². The van der Waals surface area contributed by atoms with E-state index in [2.05, 4.69) is 16.9 Å². The molecule has 1 aliphatic rings. The first-order valence-corrected chi connectivity index (χ1v) is 13.4. The van der Waals surface area contributed by atoms with E-state index in [1.165, 1.54) is 24.8 Å². The molecule has 0 atom stereocenters. The number of ether oxygens (including phenoxy) is 2. The molecule has 34 heavy (non-hydrogen) atoms. The summed E-state index contributed by atoms with van der Waals surface area (Å²) in [6.45, 7) is 6.33. The third kappa shape index (κ3) is 7.04. The van der Waals surface area contributed by atoms with Gasteiger partial charge in [-0.2, -0.15) is 0 Å². The van der Waals surface area contributed by atoms with Crippen molar-refractivity contribution in [3.05, 3.63) is 59.2 Å². The highest BCUT2D eigenvalue weighted by Crippen LogP contribution is 2.25. The Morgan fingerprint density at radius 2 is 1.82 bits per heavy atom. The Hall–Kier alpha value is -2.42. The highest BCUT2D eigenvalue weighted by Gasteiger charge is 2.26. The van der Waals surface area contributed by atoms with Crippen LogP contribution in [0.3, 0.4) is 0 Å². The zero-order valence-corrected chi connectivity index (χ0v) is 21.2. The largest absolute Gasteiger partial charge is 0.494 e. The molecule has 0 saturated carbocycles. The third-order valence-electron chi connectivity index (χ3n) is 6.33. The van der Waals surface area contributed by atoms with Crippen molar-refractivity contribution in [1.29, 1.82) is 0 Å². The van der Waals surface area contributed by atoms with E-state index in [1.807, 2.05) is 30.9 Å². The molecule has 186 valence electrons. The van der Waals surface area contributed by atoms with Crippen molar-refractivity contribution in [3.8, 4) is 5.75 Å². The van der Waals surface area contributed by atoms with Gasteiger partial charge in [-0.1, -0.05) is 18.2 Å². The molecule has 7 nitrogen and oxygen atoms in total. The average Bonchev–Trinajstić information content (AvgIpc) is 2.84. The smallest absolute Gasteiger partial charge is 0.254 e. The van der Waals surface area contributed by atoms with Gasteiger partial charge in [-0.15, -0.1) is 0 Å². The molecule has 0 spiro atoms. The molecule has 8 heteroatoms. The molecule has 0 aromatic heterocycles. The van der Waals surface area contributed by atoms with Crippen LogP contribution in [-0.4, -0.2) is 59.2 Å². The van der Waals surface area contributed by atoms with Crippen LogP contribution in [-0.2, 0) is 21.2 Å². The molecule has 1 aliphatic heterocycles. The summed E-state index contributed by atoms with van der Waals surface area (Å²) in [6, 6.07) is 13.0. The minimum absolute atomic E-state index is 0.0998. The number of carbonyl (C=O) groups is 1. The molecule has 0 aliphatic carbocycles. The lowest BCUT2D eigenvalue weighted by Gasteiger charge is -2.32. The van der Waals surface area contributed by atoms with E-state index in [1.54, 1.807) is 6.07 Å². The van der Waals surface area contributed by atoms with Crippen LogP contribution in [0, 0.1) is 12.8 Å². The number of benzene rings is 2. The quantitative estimate of drug-likeness (QED) is 0.486. The van der Waals surface area contributed by atoms with Gasteiger partial charge in [-0.25, -0.2) is 13.1 Å². The Bertz CT molecular complexity index is 1050. The first-order chi connectivity index (χ1) is 16.3. The molecule has 2 aromatic rings. The van der Waals surface area contributed by atoms with Gasteiger partial charge in [0.2, 0.25) is 10.0 Å².